The van der Waals surface area contributed by atoms with E-state index in [2.05, 4.69) is 31.3 Å². The summed E-state index contributed by atoms with van der Waals surface area (Å²) in [7, 11) is 0. The van der Waals surface area contributed by atoms with Gasteiger partial charge in [0, 0.05) is 51.2 Å². The maximum Gasteiger partial charge on any atom is 0.177 e. The summed E-state index contributed by atoms with van der Waals surface area (Å²) < 4.78 is 7.30. The normalized spacial score (nSPS) is 17.8. The predicted octanol–water partition coefficient (Wildman–Crippen LogP) is 2.57. The van der Waals surface area contributed by atoms with Crippen LogP contribution in [0.3, 0.4) is 0 Å². The van der Waals surface area contributed by atoms with Crippen LogP contribution < -0.4 is 10.2 Å². The lowest BCUT2D eigenvalue weighted by atomic mass is 10.1. The van der Waals surface area contributed by atoms with Gasteiger partial charge < -0.3 is 15.0 Å². The molecule has 168 valence electrons. The van der Waals surface area contributed by atoms with Gasteiger partial charge >= 0.3 is 0 Å². The van der Waals surface area contributed by atoms with E-state index >= 15 is 0 Å². The van der Waals surface area contributed by atoms with E-state index in [9.17, 15) is 0 Å². The quantitative estimate of drug-likeness (QED) is 0.633. The average molecular weight is 435 g/mol. The van der Waals surface area contributed by atoms with Crippen molar-refractivity contribution in [3.63, 3.8) is 0 Å². The Balaban J connectivity index is 1.39. The first-order chi connectivity index (χ1) is 15.7. The van der Waals surface area contributed by atoms with Crippen molar-refractivity contribution in [2.24, 2.45) is 0 Å². The molecule has 0 aliphatic carbocycles. The minimum atomic E-state index is 0.482. The molecule has 5 heterocycles. The molecule has 0 aromatic carbocycles. The average Bonchev–Trinajstić information content (AvgIpc) is 3.51. The third-order valence-corrected chi connectivity index (χ3v) is 6.11. The fourth-order valence-electron chi connectivity index (χ4n) is 4.26. The zero-order chi connectivity index (χ0) is 21.9. The zero-order valence-corrected chi connectivity index (χ0v) is 18.8. The summed E-state index contributed by atoms with van der Waals surface area (Å²) in [6.45, 7) is 8.40. The van der Waals surface area contributed by atoms with Crippen molar-refractivity contribution in [3.05, 3.63) is 41.0 Å². The highest BCUT2D eigenvalue weighted by Gasteiger charge is 2.17. The van der Waals surface area contributed by atoms with Gasteiger partial charge in [0.05, 0.1) is 17.1 Å². The minimum Gasteiger partial charge on any atom is -0.381 e. The zero-order valence-electron chi connectivity index (χ0n) is 18.8. The Morgan fingerprint density at radius 2 is 1.84 bits per heavy atom. The molecule has 3 aromatic rings. The first-order valence-electron chi connectivity index (χ1n) is 11.5. The molecular weight excluding hydrogens is 404 g/mol. The summed E-state index contributed by atoms with van der Waals surface area (Å²) >= 11 is 0. The van der Waals surface area contributed by atoms with Gasteiger partial charge in [-0.1, -0.05) is 0 Å². The fraction of sp³-hybridized carbons (Fsp3) is 0.522. The van der Waals surface area contributed by atoms with Crippen molar-refractivity contribution in [2.75, 3.05) is 31.2 Å². The Kier molecular flexibility index (Phi) is 6.09. The van der Waals surface area contributed by atoms with Crippen LogP contribution in [-0.2, 0) is 11.3 Å². The summed E-state index contributed by atoms with van der Waals surface area (Å²) in [5.74, 6) is 2.31. The van der Waals surface area contributed by atoms with Crippen molar-refractivity contribution >= 4 is 23.6 Å². The van der Waals surface area contributed by atoms with Crippen LogP contribution in [0.4, 0.5) is 5.82 Å². The maximum absolute atomic E-state index is 5.47. The summed E-state index contributed by atoms with van der Waals surface area (Å²) in [6, 6.07) is 2.60. The maximum atomic E-state index is 5.47. The number of nitrogens with one attached hydrogen (secondary N) is 1. The van der Waals surface area contributed by atoms with Crippen molar-refractivity contribution < 1.29 is 4.74 Å². The van der Waals surface area contributed by atoms with E-state index in [1.165, 1.54) is 12.8 Å². The molecule has 0 spiro atoms. The van der Waals surface area contributed by atoms with Crippen molar-refractivity contribution in [3.8, 4) is 0 Å². The van der Waals surface area contributed by atoms with Crippen LogP contribution in [0, 0.1) is 13.8 Å². The van der Waals surface area contributed by atoms with Gasteiger partial charge in [-0.25, -0.2) is 19.5 Å². The van der Waals surface area contributed by atoms with Gasteiger partial charge in [-0.3, -0.25) is 4.98 Å². The molecule has 0 unspecified atom stereocenters. The Hall–Kier alpha value is -2.91. The van der Waals surface area contributed by atoms with Crippen LogP contribution in [-0.4, -0.2) is 61.9 Å². The van der Waals surface area contributed by atoms with E-state index in [0.29, 0.717) is 17.7 Å². The van der Waals surface area contributed by atoms with Gasteiger partial charge in [0.15, 0.2) is 17.3 Å². The second kappa shape index (κ2) is 9.30. The van der Waals surface area contributed by atoms with E-state index < -0.39 is 0 Å². The monoisotopic (exact) mass is 434 g/mol. The lowest BCUT2D eigenvalue weighted by molar-refractivity contribution is 0.0775. The van der Waals surface area contributed by atoms with Gasteiger partial charge in [-0.2, -0.15) is 0 Å². The number of hydrogen-bond acceptors (Lipinski definition) is 8. The molecule has 5 rings (SSSR count). The van der Waals surface area contributed by atoms with Crippen LogP contribution in [0.25, 0.3) is 17.8 Å². The Bertz CT molecular complexity index is 1070. The van der Waals surface area contributed by atoms with Crippen LogP contribution in [0.15, 0.2) is 12.3 Å². The second-order valence-corrected chi connectivity index (χ2v) is 8.56. The highest BCUT2D eigenvalue weighted by Crippen LogP contribution is 2.20. The first-order valence-corrected chi connectivity index (χ1v) is 11.5. The Morgan fingerprint density at radius 3 is 2.62 bits per heavy atom. The van der Waals surface area contributed by atoms with Crippen LogP contribution in [0.1, 0.15) is 54.4 Å². The molecule has 9 nitrogen and oxygen atoms in total. The Morgan fingerprint density at radius 1 is 1.06 bits per heavy atom. The molecule has 32 heavy (non-hydrogen) atoms. The van der Waals surface area contributed by atoms with Crippen molar-refractivity contribution in [2.45, 2.75) is 52.1 Å². The molecule has 0 atom stereocenters. The number of aryl methyl sites for hydroxylation is 2. The summed E-state index contributed by atoms with van der Waals surface area (Å²) in [5.41, 5.74) is 3.59. The number of fused-ring (bicyclic) bond motifs is 1. The molecule has 0 bridgehead atoms. The molecule has 2 aliphatic rings. The second-order valence-electron chi connectivity index (χ2n) is 8.56. The van der Waals surface area contributed by atoms with Crippen LogP contribution in [0.5, 0.6) is 0 Å². The molecule has 1 N–H and O–H groups in total. The molecule has 2 saturated heterocycles. The number of ether oxygens (including phenoxy) is 1. The smallest absolute Gasteiger partial charge is 0.177 e. The number of anilines is 1. The molecule has 0 radical (unpaired) electrons. The fourth-order valence-corrected chi connectivity index (χ4v) is 4.26. The summed E-state index contributed by atoms with van der Waals surface area (Å²) in [4.78, 5) is 21.0. The van der Waals surface area contributed by atoms with Gasteiger partial charge in [-0.15, -0.1) is 5.10 Å². The van der Waals surface area contributed by atoms with E-state index in [-0.39, 0.29) is 0 Å². The first kappa shape index (κ1) is 21.0. The van der Waals surface area contributed by atoms with Crippen molar-refractivity contribution in [1.29, 1.82) is 0 Å². The van der Waals surface area contributed by atoms with E-state index in [1.54, 1.807) is 0 Å². The number of rotatable bonds is 6. The summed E-state index contributed by atoms with van der Waals surface area (Å²) in [5, 5.41) is 8.24. The predicted molar refractivity (Wildman–Crippen MR) is 123 cm³/mol. The van der Waals surface area contributed by atoms with Crippen LogP contribution in [0.2, 0.25) is 0 Å². The van der Waals surface area contributed by atoms with Gasteiger partial charge in [0.1, 0.15) is 5.82 Å². The SMILES string of the molecule is Cc1ncc(C)n2nc(/C=C\c3nc(CNC4CCOCC4)cc(N4CCCC4)n3)nc12. The number of hydrogen-bond donors (Lipinski definition) is 1. The third kappa shape index (κ3) is 4.63. The topological polar surface area (TPSA) is 93.4 Å². The molecule has 3 aromatic heterocycles. The molecule has 2 aliphatic heterocycles. The molecular formula is C23H30N8O. The highest BCUT2D eigenvalue weighted by molar-refractivity contribution is 5.65. The molecule has 2 fully saturated rings. The number of aromatic nitrogens is 6. The van der Waals surface area contributed by atoms with Crippen molar-refractivity contribution in [1.82, 2.24) is 34.9 Å². The molecule has 0 amide bonds. The third-order valence-electron chi connectivity index (χ3n) is 6.11. The van der Waals surface area contributed by atoms with Gasteiger partial charge in [0.25, 0.3) is 0 Å². The largest absolute Gasteiger partial charge is 0.381 e. The van der Waals surface area contributed by atoms with Gasteiger partial charge in [-0.05, 0) is 51.7 Å². The Labute approximate surface area is 188 Å². The highest BCUT2D eigenvalue weighted by atomic mass is 16.5. The molecule has 9 heteroatoms. The standard InChI is InChI=1S/C23H30N8O/c1-16-14-24-17(2)23-28-21(29-31(16)23)6-5-20-26-19(15-25-18-7-11-32-12-8-18)13-22(27-20)30-9-3-4-10-30/h5-6,13-14,18,25H,3-4,7-12,15H2,1-2H3/b6-5-. The van der Waals surface area contributed by atoms with E-state index in [1.807, 2.05) is 36.7 Å². The minimum absolute atomic E-state index is 0.482. The van der Waals surface area contributed by atoms with Gasteiger partial charge in [0.2, 0.25) is 0 Å². The lowest BCUT2D eigenvalue weighted by Crippen LogP contribution is -2.34. The lowest BCUT2D eigenvalue weighted by Gasteiger charge is -2.23. The number of nitrogens with zero attached hydrogens (tertiary/aromatic N) is 7. The van der Waals surface area contributed by atoms with E-state index in [0.717, 1.165) is 74.2 Å². The van der Waals surface area contributed by atoms with E-state index in [4.69, 9.17) is 14.7 Å². The molecule has 0 saturated carbocycles. The van der Waals surface area contributed by atoms with Crippen LogP contribution >= 0.6 is 0 Å². The summed E-state index contributed by atoms with van der Waals surface area (Å²) in [6.07, 6.45) is 10.1.